The quantitative estimate of drug-likeness (QED) is 0.470. The Morgan fingerprint density at radius 2 is 1.86 bits per heavy atom. The molecule has 0 radical (unpaired) electrons. The molecule has 0 heterocycles. The zero-order valence-electron chi connectivity index (χ0n) is 13.9. The van der Waals surface area contributed by atoms with Gasteiger partial charge in [-0.25, -0.2) is 0 Å². The second-order valence-electron chi connectivity index (χ2n) is 6.07. The van der Waals surface area contributed by atoms with Crippen LogP contribution in [0.5, 0.6) is 5.75 Å². The lowest BCUT2D eigenvalue weighted by Gasteiger charge is -2.26. The van der Waals surface area contributed by atoms with Gasteiger partial charge in [-0.2, -0.15) is 0 Å². The van der Waals surface area contributed by atoms with Crippen LogP contribution in [0.3, 0.4) is 0 Å². The number of thiol groups is 1. The van der Waals surface area contributed by atoms with Crippen molar-refractivity contribution in [1.29, 1.82) is 0 Å². The molecule has 2 nitrogen and oxygen atoms in total. The molecule has 0 aliphatic heterocycles. The van der Waals surface area contributed by atoms with Gasteiger partial charge in [0, 0.05) is 11.5 Å². The third-order valence-electron chi connectivity index (χ3n) is 3.84. The third kappa shape index (κ3) is 6.31. The molecular formula is C18H30O2S. The molecule has 3 heteroatoms. The Hall–Kier alpha value is -0.670. The molecule has 1 aromatic carbocycles. The summed E-state index contributed by atoms with van der Waals surface area (Å²) in [5.74, 6) is 0.839. The molecule has 1 aromatic rings. The highest BCUT2D eigenvalue weighted by Gasteiger charge is 2.20. The van der Waals surface area contributed by atoms with Crippen molar-refractivity contribution in [3.8, 4) is 5.75 Å². The van der Waals surface area contributed by atoms with Gasteiger partial charge in [-0.1, -0.05) is 46.1 Å². The normalized spacial score (nSPS) is 11.7. The third-order valence-corrected chi connectivity index (χ3v) is 4.18. The van der Waals surface area contributed by atoms with Gasteiger partial charge in [0.25, 0.3) is 0 Å². The number of hydrogen-bond acceptors (Lipinski definition) is 3. The van der Waals surface area contributed by atoms with Crippen LogP contribution in [0, 0.1) is 0 Å². The Balaban J connectivity index is 2.63. The van der Waals surface area contributed by atoms with Gasteiger partial charge in [0.15, 0.2) is 0 Å². The summed E-state index contributed by atoms with van der Waals surface area (Å²) in [6.07, 6.45) is 5.05. The van der Waals surface area contributed by atoms with Crippen LogP contribution < -0.4 is 4.74 Å². The fourth-order valence-electron chi connectivity index (χ4n) is 2.38. The lowest BCUT2D eigenvalue weighted by Crippen LogP contribution is -2.17. The van der Waals surface area contributed by atoms with E-state index in [2.05, 4.69) is 45.5 Å². The number of ether oxygens (including phenoxy) is 2. The first-order valence-electron chi connectivity index (χ1n) is 8.05. The lowest BCUT2D eigenvalue weighted by molar-refractivity contribution is 0.109. The van der Waals surface area contributed by atoms with E-state index < -0.39 is 0 Å². The number of benzene rings is 1. The summed E-state index contributed by atoms with van der Waals surface area (Å²) < 4.78 is 11.0. The summed E-state index contributed by atoms with van der Waals surface area (Å²) >= 11 is 4.57. The molecule has 0 N–H and O–H groups in total. The first-order chi connectivity index (χ1) is 10.0. The maximum Gasteiger partial charge on any atom is 0.132 e. The zero-order valence-corrected chi connectivity index (χ0v) is 14.8. The average Bonchev–Trinajstić information content (AvgIpc) is 2.45. The number of hydrogen-bond donors (Lipinski definition) is 1. The molecule has 0 aliphatic carbocycles. The van der Waals surface area contributed by atoms with Crippen LogP contribution in [0.1, 0.15) is 58.9 Å². The van der Waals surface area contributed by atoms with Crippen molar-refractivity contribution in [2.24, 2.45) is 0 Å². The second kappa shape index (κ2) is 9.37. The van der Waals surface area contributed by atoms with E-state index in [0.29, 0.717) is 13.2 Å². The van der Waals surface area contributed by atoms with E-state index in [4.69, 9.17) is 9.47 Å². The van der Waals surface area contributed by atoms with Crippen molar-refractivity contribution in [3.05, 3.63) is 23.8 Å². The van der Waals surface area contributed by atoms with Gasteiger partial charge < -0.3 is 9.47 Å². The molecule has 0 atom stereocenters. The molecule has 21 heavy (non-hydrogen) atoms. The number of rotatable bonds is 10. The first-order valence-corrected chi connectivity index (χ1v) is 8.50. The minimum Gasteiger partial charge on any atom is -0.490 e. The van der Waals surface area contributed by atoms with Crippen molar-refractivity contribution in [1.82, 2.24) is 0 Å². The summed E-state index contributed by atoms with van der Waals surface area (Å²) in [5.41, 5.74) is 1.53. The van der Waals surface area contributed by atoms with Gasteiger partial charge in [0.05, 0.1) is 6.61 Å². The second-order valence-corrected chi connectivity index (χ2v) is 6.55. The fourth-order valence-corrected chi connectivity index (χ4v) is 2.65. The van der Waals surface area contributed by atoms with Crippen molar-refractivity contribution < 1.29 is 9.47 Å². The molecule has 0 saturated heterocycles. The summed E-state index contributed by atoms with van der Waals surface area (Å²) in [6.45, 7) is 10.8. The first kappa shape index (κ1) is 18.4. The summed E-state index contributed by atoms with van der Waals surface area (Å²) in [6, 6.07) is 6.35. The van der Waals surface area contributed by atoms with E-state index in [1.807, 2.05) is 13.0 Å². The molecule has 0 aromatic heterocycles. The van der Waals surface area contributed by atoms with Crippen molar-refractivity contribution in [2.45, 2.75) is 63.7 Å². The van der Waals surface area contributed by atoms with Gasteiger partial charge in [-0.3, -0.25) is 0 Å². The maximum atomic E-state index is 5.70. The van der Waals surface area contributed by atoms with Gasteiger partial charge in [0.2, 0.25) is 0 Å². The van der Waals surface area contributed by atoms with Gasteiger partial charge in [0.1, 0.15) is 12.4 Å². The lowest BCUT2D eigenvalue weighted by atomic mass is 9.80. The topological polar surface area (TPSA) is 18.5 Å². The Morgan fingerprint density at radius 3 is 2.48 bits per heavy atom. The van der Waals surface area contributed by atoms with Gasteiger partial charge >= 0.3 is 0 Å². The molecule has 0 bridgehead atoms. The van der Waals surface area contributed by atoms with Crippen molar-refractivity contribution in [3.63, 3.8) is 0 Å². The monoisotopic (exact) mass is 310 g/mol. The van der Waals surface area contributed by atoms with Crippen LogP contribution in [0.15, 0.2) is 23.1 Å². The van der Waals surface area contributed by atoms with Gasteiger partial charge in [-0.15, -0.1) is 12.6 Å². The molecular weight excluding hydrogens is 280 g/mol. The summed E-state index contributed by atoms with van der Waals surface area (Å²) in [4.78, 5) is 0.910. The van der Waals surface area contributed by atoms with Crippen LogP contribution in [-0.4, -0.2) is 19.8 Å². The SMILES string of the molecule is CCCCCC(C)(C)c1ccc(OCCOCC)c(S)c1. The van der Waals surface area contributed by atoms with E-state index in [0.717, 1.165) is 17.3 Å². The minimum absolute atomic E-state index is 0.191. The average molecular weight is 311 g/mol. The highest BCUT2D eigenvalue weighted by molar-refractivity contribution is 7.80. The molecule has 1 rings (SSSR count). The van der Waals surface area contributed by atoms with E-state index in [1.54, 1.807) is 0 Å². The molecule has 0 amide bonds. The Labute approximate surface area is 135 Å². The van der Waals surface area contributed by atoms with E-state index in [-0.39, 0.29) is 5.41 Å². The van der Waals surface area contributed by atoms with Crippen molar-refractivity contribution in [2.75, 3.05) is 19.8 Å². The van der Waals surface area contributed by atoms with E-state index >= 15 is 0 Å². The summed E-state index contributed by atoms with van der Waals surface area (Å²) in [5, 5.41) is 0. The van der Waals surface area contributed by atoms with E-state index in [9.17, 15) is 0 Å². The van der Waals surface area contributed by atoms with Crippen LogP contribution in [0.4, 0.5) is 0 Å². The fraction of sp³-hybridized carbons (Fsp3) is 0.667. The standard InChI is InChI=1S/C18H30O2S/c1-5-7-8-11-18(3,4)15-9-10-16(17(21)14-15)20-13-12-19-6-2/h9-10,14,21H,5-8,11-13H2,1-4H3. The predicted molar refractivity (Wildman–Crippen MR) is 92.9 cm³/mol. The Bertz CT molecular complexity index is 416. The largest absolute Gasteiger partial charge is 0.490 e. The highest BCUT2D eigenvalue weighted by Crippen LogP contribution is 2.33. The maximum absolute atomic E-state index is 5.70. The predicted octanol–water partition coefficient (Wildman–Crippen LogP) is 5.25. The Morgan fingerprint density at radius 1 is 1.10 bits per heavy atom. The summed E-state index contributed by atoms with van der Waals surface area (Å²) in [7, 11) is 0. The van der Waals surface area contributed by atoms with Crippen LogP contribution in [0.2, 0.25) is 0 Å². The smallest absolute Gasteiger partial charge is 0.132 e. The van der Waals surface area contributed by atoms with Gasteiger partial charge in [-0.05, 0) is 36.5 Å². The van der Waals surface area contributed by atoms with Crippen LogP contribution in [0.25, 0.3) is 0 Å². The Kier molecular flexibility index (Phi) is 8.20. The number of unbranched alkanes of at least 4 members (excludes halogenated alkanes) is 2. The molecule has 0 unspecified atom stereocenters. The molecule has 0 fully saturated rings. The van der Waals surface area contributed by atoms with Crippen LogP contribution in [-0.2, 0) is 10.2 Å². The van der Waals surface area contributed by atoms with E-state index in [1.165, 1.54) is 31.2 Å². The zero-order chi connectivity index (χ0) is 15.7. The molecule has 120 valence electrons. The molecule has 0 spiro atoms. The minimum atomic E-state index is 0.191. The van der Waals surface area contributed by atoms with Crippen molar-refractivity contribution >= 4 is 12.6 Å². The van der Waals surface area contributed by atoms with Crippen LogP contribution >= 0.6 is 12.6 Å². The molecule has 0 aliphatic rings. The highest BCUT2D eigenvalue weighted by atomic mass is 32.1. The molecule has 0 saturated carbocycles.